The van der Waals surface area contributed by atoms with E-state index in [2.05, 4.69) is 25.3 Å². The Morgan fingerprint density at radius 3 is 2.37 bits per heavy atom. The molecule has 0 fully saturated rings. The van der Waals surface area contributed by atoms with E-state index >= 15 is 0 Å². The topological polar surface area (TPSA) is 55.3 Å². The zero-order valence-electron chi connectivity index (χ0n) is 13.2. The highest BCUT2D eigenvalue weighted by Gasteiger charge is 2.38. The summed E-state index contributed by atoms with van der Waals surface area (Å²) in [5.41, 5.74) is 7.19. The Bertz CT molecular complexity index is 440. The first-order chi connectivity index (χ1) is 8.54. The summed E-state index contributed by atoms with van der Waals surface area (Å²) in [4.78, 5) is 12.3. The number of carbonyl (C=O) groups is 1. The Labute approximate surface area is 116 Å². The molecule has 0 aromatic rings. The summed E-state index contributed by atoms with van der Waals surface area (Å²) in [5.74, 6) is 0.723. The molecule has 0 amide bonds. The van der Waals surface area contributed by atoms with E-state index in [0.29, 0.717) is 17.3 Å². The van der Waals surface area contributed by atoms with Crippen molar-refractivity contribution in [3.63, 3.8) is 0 Å². The van der Waals surface area contributed by atoms with Gasteiger partial charge in [0.15, 0.2) is 5.57 Å². The fourth-order valence-electron chi connectivity index (χ4n) is 2.24. The molecular formula is C15H27N2O2+. The van der Waals surface area contributed by atoms with Crippen LogP contribution in [0.4, 0.5) is 0 Å². The summed E-state index contributed by atoms with van der Waals surface area (Å²) >= 11 is 0. The van der Waals surface area contributed by atoms with Gasteiger partial charge in [0.1, 0.15) is 11.6 Å². The second-order valence-corrected chi connectivity index (χ2v) is 6.67. The molecular weight excluding hydrogens is 240 g/mol. The summed E-state index contributed by atoms with van der Waals surface area (Å²) in [5, 5.41) is 0. The standard InChI is InChI=1S/C15H26N2O2/c1-9(2)8-17-11(4)10(3)12(13(17)16)14(18)19-15(5,6)7/h9,11,16H,8H2,1-7H3/p+1. The van der Waals surface area contributed by atoms with E-state index in [0.717, 1.165) is 12.1 Å². The lowest BCUT2D eigenvalue weighted by atomic mass is 10.1. The summed E-state index contributed by atoms with van der Waals surface area (Å²) in [7, 11) is 0. The number of hydrogen-bond acceptors (Lipinski definition) is 3. The van der Waals surface area contributed by atoms with Gasteiger partial charge in [0.25, 0.3) is 5.84 Å². The summed E-state index contributed by atoms with van der Waals surface area (Å²) in [6, 6.07) is 0.157. The van der Waals surface area contributed by atoms with Crippen LogP contribution in [0.5, 0.6) is 0 Å². The maximum atomic E-state index is 12.3. The molecule has 0 saturated carbocycles. The van der Waals surface area contributed by atoms with Crippen molar-refractivity contribution in [3.05, 3.63) is 11.1 Å². The summed E-state index contributed by atoms with van der Waals surface area (Å²) < 4.78 is 7.52. The number of hydrogen-bond donors (Lipinski definition) is 1. The predicted octanol–water partition coefficient (Wildman–Crippen LogP) is 2.07. The second kappa shape index (κ2) is 5.35. The first-order valence-corrected chi connectivity index (χ1v) is 6.88. The van der Waals surface area contributed by atoms with Crippen LogP contribution in [0.2, 0.25) is 0 Å². The van der Waals surface area contributed by atoms with Gasteiger partial charge in [0.05, 0.1) is 6.54 Å². The zero-order valence-corrected chi connectivity index (χ0v) is 13.2. The number of ether oxygens (including phenoxy) is 1. The Morgan fingerprint density at radius 2 is 1.95 bits per heavy atom. The van der Waals surface area contributed by atoms with Crippen molar-refractivity contribution in [1.29, 1.82) is 0 Å². The van der Waals surface area contributed by atoms with E-state index in [9.17, 15) is 4.79 Å². The highest BCUT2D eigenvalue weighted by Crippen LogP contribution is 2.23. The largest absolute Gasteiger partial charge is 0.456 e. The molecule has 0 spiro atoms. The monoisotopic (exact) mass is 267 g/mol. The maximum absolute atomic E-state index is 12.3. The minimum absolute atomic E-state index is 0.157. The number of nitrogens with zero attached hydrogens (tertiary/aromatic N) is 1. The van der Waals surface area contributed by atoms with Crippen LogP contribution in [-0.2, 0) is 9.53 Å². The van der Waals surface area contributed by atoms with E-state index in [1.165, 1.54) is 0 Å². The van der Waals surface area contributed by atoms with E-state index in [-0.39, 0.29) is 12.0 Å². The van der Waals surface area contributed by atoms with Gasteiger partial charge in [0, 0.05) is 0 Å². The SMILES string of the molecule is CC1=C(C(=O)OC(C)(C)C)C(N)=[N+](CC(C)C)C1C. The molecule has 108 valence electrons. The molecule has 0 aliphatic carbocycles. The van der Waals surface area contributed by atoms with Crippen LogP contribution >= 0.6 is 0 Å². The van der Waals surface area contributed by atoms with Crippen molar-refractivity contribution in [2.45, 2.75) is 60.1 Å². The Morgan fingerprint density at radius 1 is 1.42 bits per heavy atom. The average Bonchev–Trinajstić information content (AvgIpc) is 2.39. The maximum Gasteiger partial charge on any atom is 0.347 e. The van der Waals surface area contributed by atoms with Crippen LogP contribution in [0, 0.1) is 5.92 Å². The number of amidine groups is 1. The molecule has 1 atom stereocenters. The van der Waals surface area contributed by atoms with Crippen molar-refractivity contribution >= 4 is 11.8 Å². The van der Waals surface area contributed by atoms with Gasteiger partial charge in [-0.05, 0) is 46.1 Å². The normalized spacial score (nSPS) is 20.5. The van der Waals surface area contributed by atoms with Crippen LogP contribution in [0.3, 0.4) is 0 Å². The van der Waals surface area contributed by atoms with E-state index in [4.69, 9.17) is 10.5 Å². The summed E-state index contributed by atoms with van der Waals surface area (Å²) in [6.45, 7) is 14.7. The van der Waals surface area contributed by atoms with Crippen molar-refractivity contribution < 1.29 is 14.1 Å². The van der Waals surface area contributed by atoms with Gasteiger partial charge in [-0.3, -0.25) is 10.3 Å². The third-order valence-electron chi connectivity index (χ3n) is 3.22. The van der Waals surface area contributed by atoms with Gasteiger partial charge >= 0.3 is 5.97 Å². The predicted molar refractivity (Wildman–Crippen MR) is 77.2 cm³/mol. The molecule has 1 aliphatic rings. The highest BCUT2D eigenvalue weighted by molar-refractivity contribution is 6.17. The van der Waals surface area contributed by atoms with E-state index < -0.39 is 5.60 Å². The molecule has 4 heteroatoms. The van der Waals surface area contributed by atoms with Crippen LogP contribution in [-0.4, -0.2) is 34.6 Å². The van der Waals surface area contributed by atoms with Crippen LogP contribution < -0.4 is 5.73 Å². The molecule has 0 aromatic carbocycles. The lowest BCUT2D eigenvalue weighted by Gasteiger charge is -2.19. The molecule has 0 bridgehead atoms. The van der Waals surface area contributed by atoms with Crippen molar-refractivity contribution in [2.75, 3.05) is 6.54 Å². The number of nitrogens with two attached hydrogens (primary N) is 1. The molecule has 1 rings (SSSR count). The van der Waals surface area contributed by atoms with Crippen LogP contribution in [0.25, 0.3) is 0 Å². The van der Waals surface area contributed by atoms with Gasteiger partial charge in [-0.25, -0.2) is 4.79 Å². The lowest BCUT2D eigenvalue weighted by molar-refractivity contribution is -0.555. The molecule has 1 heterocycles. The fraction of sp³-hybridized carbons (Fsp3) is 0.733. The Hall–Kier alpha value is -1.32. The number of carbonyl (C=O) groups excluding carboxylic acids is 1. The van der Waals surface area contributed by atoms with E-state index in [1.807, 2.05) is 27.7 Å². The van der Waals surface area contributed by atoms with E-state index in [1.54, 1.807) is 0 Å². The summed E-state index contributed by atoms with van der Waals surface area (Å²) in [6.07, 6.45) is 0. The average molecular weight is 267 g/mol. The number of rotatable bonds is 3. The quantitative estimate of drug-likeness (QED) is 0.629. The third-order valence-corrected chi connectivity index (χ3v) is 3.22. The molecule has 1 unspecified atom stereocenters. The third kappa shape index (κ3) is 3.58. The van der Waals surface area contributed by atoms with Crippen LogP contribution in [0.15, 0.2) is 11.1 Å². The molecule has 0 saturated heterocycles. The lowest BCUT2D eigenvalue weighted by Crippen LogP contribution is -2.35. The highest BCUT2D eigenvalue weighted by atomic mass is 16.6. The first-order valence-electron chi connectivity index (χ1n) is 6.88. The second-order valence-electron chi connectivity index (χ2n) is 6.67. The van der Waals surface area contributed by atoms with Gasteiger partial charge in [-0.1, -0.05) is 13.8 Å². The van der Waals surface area contributed by atoms with Gasteiger partial charge < -0.3 is 4.74 Å². The van der Waals surface area contributed by atoms with Crippen molar-refractivity contribution in [2.24, 2.45) is 11.7 Å². The molecule has 0 aromatic heterocycles. The van der Waals surface area contributed by atoms with Gasteiger partial charge in [0.2, 0.25) is 0 Å². The van der Waals surface area contributed by atoms with Gasteiger partial charge in [-0.2, -0.15) is 0 Å². The molecule has 4 nitrogen and oxygen atoms in total. The molecule has 1 aliphatic heterocycles. The Kier molecular flexibility index (Phi) is 4.43. The molecule has 19 heavy (non-hydrogen) atoms. The van der Waals surface area contributed by atoms with Crippen molar-refractivity contribution in [3.8, 4) is 0 Å². The van der Waals surface area contributed by atoms with Gasteiger partial charge in [-0.15, -0.1) is 0 Å². The molecule has 0 radical (unpaired) electrons. The molecule has 2 N–H and O–H groups in total. The van der Waals surface area contributed by atoms with Crippen LogP contribution in [0.1, 0.15) is 48.5 Å². The number of esters is 1. The van der Waals surface area contributed by atoms with Crippen molar-refractivity contribution in [1.82, 2.24) is 0 Å². The first kappa shape index (κ1) is 15.7. The Balaban J connectivity index is 3.05. The smallest absolute Gasteiger partial charge is 0.347 e. The minimum atomic E-state index is -0.501. The fourth-order valence-corrected chi connectivity index (χ4v) is 2.24. The zero-order chi connectivity index (χ0) is 15.0. The minimum Gasteiger partial charge on any atom is -0.456 e.